The maximum absolute atomic E-state index is 3.44. The van der Waals surface area contributed by atoms with Gasteiger partial charge in [-0.05, 0) is 31.8 Å². The first kappa shape index (κ1) is 13.0. The second kappa shape index (κ2) is 10.0. The Kier molecular flexibility index (Phi) is 10.0. The Bertz CT molecular complexity index is 91.1. The summed E-state index contributed by atoms with van der Waals surface area (Å²) in [5.41, 5.74) is 0. The van der Waals surface area contributed by atoms with Crippen molar-refractivity contribution >= 4 is 0 Å². The summed E-state index contributed by atoms with van der Waals surface area (Å²) < 4.78 is 0. The van der Waals surface area contributed by atoms with Crippen LogP contribution in [0.4, 0.5) is 0 Å². The van der Waals surface area contributed by atoms with Crippen molar-refractivity contribution in [3.8, 4) is 0 Å². The molecule has 0 fully saturated rings. The van der Waals surface area contributed by atoms with Crippen LogP contribution in [0.25, 0.3) is 0 Å². The Labute approximate surface area is 84.3 Å². The minimum atomic E-state index is 0.941. The van der Waals surface area contributed by atoms with E-state index in [9.17, 15) is 0 Å². The van der Waals surface area contributed by atoms with E-state index in [1.165, 1.54) is 51.6 Å². The summed E-state index contributed by atoms with van der Waals surface area (Å²) in [6.07, 6.45) is 8.18. The lowest BCUT2D eigenvalue weighted by Crippen LogP contribution is -2.15. The molecule has 0 spiro atoms. The summed E-state index contributed by atoms with van der Waals surface area (Å²) in [4.78, 5) is 0. The molecule has 0 saturated carbocycles. The van der Waals surface area contributed by atoms with Crippen LogP contribution in [0.1, 0.15) is 59.3 Å². The largest absolute Gasteiger partial charge is 0.317 e. The summed E-state index contributed by atoms with van der Waals surface area (Å²) in [5, 5.41) is 3.44. The first-order valence-electron chi connectivity index (χ1n) is 6.02. The number of hydrogen-bond donors (Lipinski definition) is 1. The van der Waals surface area contributed by atoms with E-state index in [0.29, 0.717) is 0 Å². The molecule has 1 N–H and O–H groups in total. The van der Waals surface area contributed by atoms with Crippen molar-refractivity contribution < 1.29 is 0 Å². The second-order valence-corrected chi connectivity index (χ2v) is 4.14. The van der Waals surface area contributed by atoms with E-state index in [-0.39, 0.29) is 0 Å². The molecule has 0 aliphatic rings. The highest BCUT2D eigenvalue weighted by Crippen LogP contribution is 2.12. The van der Waals surface area contributed by atoms with Gasteiger partial charge in [-0.25, -0.2) is 0 Å². The molecule has 0 radical (unpaired) electrons. The normalized spacial score (nSPS) is 13.2. The minimum absolute atomic E-state index is 0.941. The van der Waals surface area contributed by atoms with Crippen LogP contribution in [0.15, 0.2) is 0 Å². The first-order valence-corrected chi connectivity index (χ1v) is 6.02. The molecule has 1 atom stereocenters. The van der Waals surface area contributed by atoms with E-state index in [4.69, 9.17) is 0 Å². The molecular formula is C12H27N. The standard InChI is InChI=1S/C12H27N/c1-4-8-12(3)9-6-7-11-13-10-5-2/h12-13H,4-11H2,1-3H3. The molecule has 0 amide bonds. The fourth-order valence-electron chi connectivity index (χ4n) is 1.68. The molecule has 1 heteroatoms. The topological polar surface area (TPSA) is 12.0 Å². The monoisotopic (exact) mass is 185 g/mol. The Balaban J connectivity index is 2.97. The van der Waals surface area contributed by atoms with Gasteiger partial charge in [0.1, 0.15) is 0 Å². The maximum atomic E-state index is 3.44. The molecule has 0 aliphatic carbocycles. The van der Waals surface area contributed by atoms with Gasteiger partial charge >= 0.3 is 0 Å². The third-order valence-corrected chi connectivity index (χ3v) is 2.51. The first-order chi connectivity index (χ1) is 6.31. The van der Waals surface area contributed by atoms with Crippen LogP contribution >= 0.6 is 0 Å². The molecule has 0 saturated heterocycles. The lowest BCUT2D eigenvalue weighted by molar-refractivity contribution is 0.455. The minimum Gasteiger partial charge on any atom is -0.317 e. The zero-order chi connectivity index (χ0) is 9.94. The highest BCUT2D eigenvalue weighted by molar-refractivity contribution is 4.54. The van der Waals surface area contributed by atoms with Gasteiger partial charge in [-0.1, -0.05) is 46.5 Å². The van der Waals surface area contributed by atoms with Gasteiger partial charge < -0.3 is 5.32 Å². The van der Waals surface area contributed by atoms with Crippen LogP contribution in [0.5, 0.6) is 0 Å². The summed E-state index contributed by atoms with van der Waals surface area (Å²) in [6, 6.07) is 0. The Morgan fingerprint density at radius 2 is 1.69 bits per heavy atom. The molecule has 1 unspecified atom stereocenters. The van der Waals surface area contributed by atoms with Crippen LogP contribution < -0.4 is 5.32 Å². The Morgan fingerprint density at radius 3 is 2.31 bits per heavy atom. The third-order valence-electron chi connectivity index (χ3n) is 2.51. The van der Waals surface area contributed by atoms with Gasteiger partial charge in [-0.3, -0.25) is 0 Å². The predicted molar refractivity (Wildman–Crippen MR) is 61.1 cm³/mol. The molecule has 13 heavy (non-hydrogen) atoms. The second-order valence-electron chi connectivity index (χ2n) is 4.14. The van der Waals surface area contributed by atoms with Gasteiger partial charge in [0, 0.05) is 0 Å². The molecule has 0 aromatic heterocycles. The molecule has 1 nitrogen and oxygen atoms in total. The van der Waals surface area contributed by atoms with Crippen LogP contribution in [0, 0.1) is 5.92 Å². The third kappa shape index (κ3) is 9.88. The van der Waals surface area contributed by atoms with Crippen molar-refractivity contribution in [3.05, 3.63) is 0 Å². The average molecular weight is 185 g/mol. The van der Waals surface area contributed by atoms with Crippen LogP contribution in [0.3, 0.4) is 0 Å². The number of nitrogens with one attached hydrogen (secondary N) is 1. The van der Waals surface area contributed by atoms with Gasteiger partial charge in [0.2, 0.25) is 0 Å². The number of unbranched alkanes of at least 4 members (excludes halogenated alkanes) is 1. The van der Waals surface area contributed by atoms with E-state index < -0.39 is 0 Å². The van der Waals surface area contributed by atoms with Crippen molar-refractivity contribution in [1.29, 1.82) is 0 Å². The molecule has 0 heterocycles. The molecule has 0 aromatic rings. The van der Waals surface area contributed by atoms with Gasteiger partial charge in [0.05, 0.1) is 0 Å². The summed E-state index contributed by atoms with van der Waals surface area (Å²) >= 11 is 0. The average Bonchev–Trinajstić information content (AvgIpc) is 2.11. The van der Waals surface area contributed by atoms with Crippen LogP contribution in [-0.2, 0) is 0 Å². The fraction of sp³-hybridized carbons (Fsp3) is 1.00. The fourth-order valence-corrected chi connectivity index (χ4v) is 1.68. The Hall–Kier alpha value is -0.0400. The summed E-state index contributed by atoms with van der Waals surface area (Å²) in [7, 11) is 0. The molecule has 80 valence electrons. The SMILES string of the molecule is CCCNCCCCC(C)CCC. The molecule has 0 rings (SSSR count). The number of hydrogen-bond acceptors (Lipinski definition) is 1. The number of rotatable bonds is 9. The quantitative estimate of drug-likeness (QED) is 0.541. The highest BCUT2D eigenvalue weighted by atomic mass is 14.8. The molecular weight excluding hydrogens is 158 g/mol. The maximum Gasteiger partial charge on any atom is -0.00489 e. The highest BCUT2D eigenvalue weighted by Gasteiger charge is 1.99. The van der Waals surface area contributed by atoms with E-state index in [0.717, 1.165) is 5.92 Å². The lowest BCUT2D eigenvalue weighted by Gasteiger charge is -2.09. The zero-order valence-corrected chi connectivity index (χ0v) is 9.73. The van der Waals surface area contributed by atoms with Crippen molar-refractivity contribution in [3.63, 3.8) is 0 Å². The van der Waals surface area contributed by atoms with Crippen molar-refractivity contribution in [2.24, 2.45) is 5.92 Å². The van der Waals surface area contributed by atoms with E-state index in [1.54, 1.807) is 0 Å². The zero-order valence-electron chi connectivity index (χ0n) is 9.73. The van der Waals surface area contributed by atoms with Gasteiger partial charge in [-0.15, -0.1) is 0 Å². The molecule has 0 aromatic carbocycles. The summed E-state index contributed by atoms with van der Waals surface area (Å²) in [5.74, 6) is 0.941. The predicted octanol–water partition coefficient (Wildman–Crippen LogP) is 3.59. The van der Waals surface area contributed by atoms with Gasteiger partial charge in [0.15, 0.2) is 0 Å². The Morgan fingerprint density at radius 1 is 0.923 bits per heavy atom. The van der Waals surface area contributed by atoms with Gasteiger partial charge in [-0.2, -0.15) is 0 Å². The van der Waals surface area contributed by atoms with Crippen LogP contribution in [-0.4, -0.2) is 13.1 Å². The van der Waals surface area contributed by atoms with Crippen LogP contribution in [0.2, 0.25) is 0 Å². The van der Waals surface area contributed by atoms with Crippen molar-refractivity contribution in [2.75, 3.05) is 13.1 Å². The smallest absolute Gasteiger partial charge is 0.00489 e. The van der Waals surface area contributed by atoms with Crippen molar-refractivity contribution in [2.45, 2.75) is 59.3 Å². The molecule has 0 bridgehead atoms. The molecule has 0 aliphatic heterocycles. The van der Waals surface area contributed by atoms with E-state index in [1.807, 2.05) is 0 Å². The lowest BCUT2D eigenvalue weighted by atomic mass is 9.99. The van der Waals surface area contributed by atoms with Gasteiger partial charge in [0.25, 0.3) is 0 Å². The van der Waals surface area contributed by atoms with Crippen molar-refractivity contribution in [1.82, 2.24) is 5.32 Å². The van der Waals surface area contributed by atoms with E-state index >= 15 is 0 Å². The summed E-state index contributed by atoms with van der Waals surface area (Å²) in [6.45, 7) is 9.27. The van der Waals surface area contributed by atoms with E-state index in [2.05, 4.69) is 26.1 Å².